The summed E-state index contributed by atoms with van der Waals surface area (Å²) in [5.41, 5.74) is 0.754. The molecule has 1 aromatic heterocycles. The van der Waals surface area contributed by atoms with E-state index in [9.17, 15) is 9.59 Å². The molecule has 1 heterocycles. The van der Waals surface area contributed by atoms with Crippen molar-refractivity contribution in [1.29, 1.82) is 0 Å². The van der Waals surface area contributed by atoms with Crippen molar-refractivity contribution in [3.63, 3.8) is 0 Å². The lowest BCUT2D eigenvalue weighted by molar-refractivity contribution is 0.0933. The fourth-order valence-electron chi connectivity index (χ4n) is 1.29. The Hall–Kier alpha value is -1.55. The van der Waals surface area contributed by atoms with Gasteiger partial charge in [-0.15, -0.1) is 0 Å². The average Bonchev–Trinajstić information content (AvgIpc) is 2.39. The first-order chi connectivity index (χ1) is 6.59. The number of carbonyl (C=O) groups excluding carboxylic acids is 1. The molecule has 5 heteroatoms. The van der Waals surface area contributed by atoms with Crippen molar-refractivity contribution < 1.29 is 9.21 Å². The predicted octanol–water partition coefficient (Wildman–Crippen LogP) is 1.91. The van der Waals surface area contributed by atoms with E-state index in [4.69, 9.17) is 16.0 Å². The molecule has 0 fully saturated rings. The molecule has 0 radical (unpaired) electrons. The monoisotopic (exact) mass is 211 g/mol. The van der Waals surface area contributed by atoms with Crippen molar-refractivity contribution in [2.45, 2.75) is 6.92 Å². The van der Waals surface area contributed by atoms with Crippen molar-refractivity contribution in [2.75, 3.05) is 0 Å². The summed E-state index contributed by atoms with van der Waals surface area (Å²) in [4.78, 5) is 22.3. The number of hydrogen-bond donors (Lipinski definition) is 0. The highest BCUT2D eigenvalue weighted by Crippen LogP contribution is 2.17. The minimum Gasteiger partial charge on any atom is -0.407 e. The molecule has 2 rings (SSSR count). The number of nitrogens with zero attached hydrogens (tertiary/aromatic N) is 1. The molecule has 0 N–H and O–H groups in total. The first-order valence-electron chi connectivity index (χ1n) is 3.91. The third-order valence-electron chi connectivity index (χ3n) is 1.86. The number of benzene rings is 1. The zero-order valence-electron chi connectivity index (χ0n) is 7.28. The summed E-state index contributed by atoms with van der Waals surface area (Å²) in [7, 11) is 0. The minimum atomic E-state index is -0.685. The van der Waals surface area contributed by atoms with Crippen LogP contribution in [0.5, 0.6) is 0 Å². The van der Waals surface area contributed by atoms with Gasteiger partial charge in [-0.2, -0.15) is 0 Å². The zero-order valence-corrected chi connectivity index (χ0v) is 8.04. The second-order valence-corrected chi connectivity index (χ2v) is 3.27. The molecule has 0 saturated carbocycles. The topological polar surface area (TPSA) is 52.2 Å². The molecule has 0 aliphatic carbocycles. The van der Waals surface area contributed by atoms with Crippen LogP contribution in [0, 0.1) is 0 Å². The minimum absolute atomic E-state index is 0.317. The second kappa shape index (κ2) is 2.99. The molecule has 0 atom stereocenters. The van der Waals surface area contributed by atoms with E-state index >= 15 is 0 Å². The molecule has 72 valence electrons. The van der Waals surface area contributed by atoms with E-state index in [1.54, 1.807) is 12.1 Å². The molecular formula is C9H6ClNO3. The van der Waals surface area contributed by atoms with Gasteiger partial charge in [-0.3, -0.25) is 4.79 Å². The summed E-state index contributed by atoms with van der Waals surface area (Å²) >= 11 is 5.70. The zero-order chi connectivity index (χ0) is 10.3. The fraction of sp³-hybridized carbons (Fsp3) is 0.111. The molecule has 14 heavy (non-hydrogen) atoms. The van der Waals surface area contributed by atoms with Crippen LogP contribution in [0.2, 0.25) is 5.02 Å². The van der Waals surface area contributed by atoms with Gasteiger partial charge in [0.05, 0.1) is 5.52 Å². The second-order valence-electron chi connectivity index (χ2n) is 2.83. The summed E-state index contributed by atoms with van der Waals surface area (Å²) in [6.45, 7) is 1.30. The third-order valence-corrected chi connectivity index (χ3v) is 2.09. The summed E-state index contributed by atoms with van der Waals surface area (Å²) < 4.78 is 5.81. The van der Waals surface area contributed by atoms with Crippen LogP contribution >= 0.6 is 11.6 Å². The van der Waals surface area contributed by atoms with Crippen LogP contribution in [0.25, 0.3) is 11.1 Å². The Balaban J connectivity index is 2.91. The van der Waals surface area contributed by atoms with Crippen LogP contribution in [0.3, 0.4) is 0 Å². The molecule has 1 aromatic carbocycles. The molecule has 0 aliphatic heterocycles. The lowest BCUT2D eigenvalue weighted by Crippen LogP contribution is -2.19. The van der Waals surface area contributed by atoms with Gasteiger partial charge >= 0.3 is 5.76 Å². The SMILES string of the molecule is CC(=O)n1c(=O)oc2cc(Cl)ccc21. The lowest BCUT2D eigenvalue weighted by Gasteiger charge is -1.93. The van der Waals surface area contributed by atoms with Gasteiger partial charge in [-0.1, -0.05) is 11.6 Å². The van der Waals surface area contributed by atoms with Crippen molar-refractivity contribution in [2.24, 2.45) is 0 Å². The summed E-state index contributed by atoms with van der Waals surface area (Å²) in [6, 6.07) is 4.67. The smallest absolute Gasteiger partial charge is 0.407 e. The average molecular weight is 212 g/mol. The predicted molar refractivity (Wildman–Crippen MR) is 51.8 cm³/mol. The Labute approximate surface area is 83.7 Å². The molecule has 0 spiro atoms. The number of halogens is 1. The highest BCUT2D eigenvalue weighted by molar-refractivity contribution is 6.31. The van der Waals surface area contributed by atoms with Gasteiger partial charge < -0.3 is 4.42 Å². The van der Waals surface area contributed by atoms with E-state index in [0.717, 1.165) is 4.57 Å². The Morgan fingerprint density at radius 3 is 2.86 bits per heavy atom. The summed E-state index contributed by atoms with van der Waals surface area (Å²) in [5.74, 6) is -1.06. The fourth-order valence-corrected chi connectivity index (χ4v) is 1.45. The van der Waals surface area contributed by atoms with Crippen LogP contribution in [0.15, 0.2) is 27.4 Å². The molecule has 4 nitrogen and oxygen atoms in total. The van der Waals surface area contributed by atoms with Crippen LogP contribution in [-0.2, 0) is 0 Å². The Morgan fingerprint density at radius 2 is 2.21 bits per heavy atom. The lowest BCUT2D eigenvalue weighted by atomic mass is 10.3. The first kappa shape index (κ1) is 9.02. The van der Waals surface area contributed by atoms with E-state index < -0.39 is 5.76 Å². The Bertz CT molecular complexity index is 567. The van der Waals surface area contributed by atoms with Gasteiger partial charge in [0.15, 0.2) is 5.58 Å². The van der Waals surface area contributed by atoms with Crippen LogP contribution < -0.4 is 5.76 Å². The normalized spacial score (nSPS) is 10.7. The molecule has 0 unspecified atom stereocenters. The standard InChI is InChI=1S/C9H6ClNO3/c1-5(12)11-7-3-2-6(10)4-8(7)14-9(11)13/h2-4H,1H3. The largest absolute Gasteiger partial charge is 0.426 e. The maximum absolute atomic E-state index is 11.2. The van der Waals surface area contributed by atoms with Crippen molar-refractivity contribution in [1.82, 2.24) is 4.57 Å². The number of hydrogen-bond acceptors (Lipinski definition) is 3. The van der Waals surface area contributed by atoms with E-state index in [-0.39, 0.29) is 5.91 Å². The Kier molecular flexibility index (Phi) is 1.93. The summed E-state index contributed by atoms with van der Waals surface area (Å²) in [6.07, 6.45) is 0. The summed E-state index contributed by atoms with van der Waals surface area (Å²) in [5, 5.41) is 0.460. The highest BCUT2D eigenvalue weighted by atomic mass is 35.5. The van der Waals surface area contributed by atoms with Crippen LogP contribution in [0.4, 0.5) is 0 Å². The molecular weight excluding hydrogens is 206 g/mol. The molecule has 0 amide bonds. The molecule has 0 bridgehead atoms. The maximum Gasteiger partial charge on any atom is 0.426 e. The van der Waals surface area contributed by atoms with Gasteiger partial charge in [0.1, 0.15) is 0 Å². The molecule has 0 saturated heterocycles. The Morgan fingerprint density at radius 1 is 1.50 bits per heavy atom. The van der Waals surface area contributed by atoms with Gasteiger partial charge in [0.2, 0.25) is 5.91 Å². The van der Waals surface area contributed by atoms with Crippen LogP contribution in [0.1, 0.15) is 11.7 Å². The number of aromatic nitrogens is 1. The molecule has 0 aliphatic rings. The number of rotatable bonds is 0. The van der Waals surface area contributed by atoms with E-state index in [1.165, 1.54) is 13.0 Å². The quantitative estimate of drug-likeness (QED) is 0.669. The highest BCUT2D eigenvalue weighted by Gasteiger charge is 2.12. The van der Waals surface area contributed by atoms with Crippen molar-refractivity contribution in [3.8, 4) is 0 Å². The number of carbonyl (C=O) groups is 1. The van der Waals surface area contributed by atoms with Crippen molar-refractivity contribution >= 4 is 28.6 Å². The van der Waals surface area contributed by atoms with Gasteiger partial charge in [0.25, 0.3) is 0 Å². The van der Waals surface area contributed by atoms with Gasteiger partial charge in [-0.05, 0) is 12.1 Å². The molecule has 2 aromatic rings. The van der Waals surface area contributed by atoms with Gasteiger partial charge in [0, 0.05) is 18.0 Å². The van der Waals surface area contributed by atoms with Crippen LogP contribution in [-0.4, -0.2) is 10.5 Å². The number of oxazole rings is 1. The van der Waals surface area contributed by atoms with Crippen molar-refractivity contribution in [3.05, 3.63) is 33.8 Å². The van der Waals surface area contributed by atoms with Gasteiger partial charge in [-0.25, -0.2) is 9.36 Å². The first-order valence-corrected chi connectivity index (χ1v) is 4.29. The van der Waals surface area contributed by atoms with E-state index in [1.807, 2.05) is 0 Å². The maximum atomic E-state index is 11.2. The third kappa shape index (κ3) is 1.24. The van der Waals surface area contributed by atoms with E-state index in [0.29, 0.717) is 16.1 Å². The van der Waals surface area contributed by atoms with E-state index in [2.05, 4.69) is 0 Å². The number of fused-ring (bicyclic) bond motifs is 1.